The van der Waals surface area contributed by atoms with Gasteiger partial charge in [0.2, 0.25) is 5.96 Å². The summed E-state index contributed by atoms with van der Waals surface area (Å²) in [4.78, 5) is 14.5. The van der Waals surface area contributed by atoms with Gasteiger partial charge in [-0.15, -0.1) is 0 Å². The van der Waals surface area contributed by atoms with E-state index in [1.54, 1.807) is 11.8 Å². The number of nitrogens with zero attached hydrogens (tertiary/aromatic N) is 2. The molecule has 9 nitrogen and oxygen atoms in total. The quantitative estimate of drug-likeness (QED) is 0.421. The summed E-state index contributed by atoms with van der Waals surface area (Å²) in [5, 5.41) is 33.6. The number of rotatable bonds is 3. The van der Waals surface area contributed by atoms with Crippen LogP contribution in [0.25, 0.3) is 11.1 Å². The third-order valence-corrected chi connectivity index (χ3v) is 7.06. The maximum atomic E-state index is 13.4. The molecule has 3 aliphatic rings. The summed E-state index contributed by atoms with van der Waals surface area (Å²) in [6, 6.07) is 10.5. The van der Waals surface area contributed by atoms with Crippen molar-refractivity contribution in [1.82, 2.24) is 20.6 Å². The van der Waals surface area contributed by atoms with Gasteiger partial charge in [-0.05, 0) is 29.3 Å². The molecule has 1 spiro atoms. The summed E-state index contributed by atoms with van der Waals surface area (Å²) in [5.41, 5.74) is -1.43. The smallest absolute Gasteiger partial charge is 0.417 e. The highest BCUT2D eigenvalue weighted by Crippen LogP contribution is 2.45. The van der Waals surface area contributed by atoms with Crippen molar-refractivity contribution in [2.24, 2.45) is 5.92 Å². The molecule has 0 radical (unpaired) electrons. The number of carbonyl (C=O) groups is 1. The van der Waals surface area contributed by atoms with E-state index in [4.69, 9.17) is 15.6 Å². The number of hydrogen-bond donors (Lipinski definition) is 5. The lowest BCUT2D eigenvalue weighted by Gasteiger charge is -2.48. The highest BCUT2D eigenvalue weighted by atomic mass is 19.4. The highest BCUT2D eigenvalue weighted by Gasteiger charge is 2.67. The molecule has 5 rings (SSSR count). The van der Waals surface area contributed by atoms with Crippen LogP contribution in [-0.2, 0) is 10.9 Å². The SMILES string of the molecule is CC1[C@@H](OC(=O)c2ccc(-c3ccccc3C(F)(F)F)cc2)CN2C(=N)NCC3NC(=N)N(O)C312. The van der Waals surface area contributed by atoms with Crippen molar-refractivity contribution in [3.05, 3.63) is 59.7 Å². The fourth-order valence-corrected chi connectivity index (χ4v) is 5.35. The Bertz CT molecular complexity index is 1200. The van der Waals surface area contributed by atoms with Gasteiger partial charge in [-0.2, -0.15) is 18.2 Å². The molecule has 3 fully saturated rings. The van der Waals surface area contributed by atoms with Gasteiger partial charge in [-0.1, -0.05) is 37.3 Å². The third kappa shape index (κ3) is 3.39. The lowest BCUT2D eigenvalue weighted by Crippen LogP contribution is -2.71. The zero-order valence-electron chi connectivity index (χ0n) is 18.6. The first-order valence-electron chi connectivity index (χ1n) is 11.0. The molecule has 12 heteroatoms. The number of hydroxylamine groups is 2. The van der Waals surface area contributed by atoms with Crippen molar-refractivity contribution < 1.29 is 27.9 Å². The van der Waals surface area contributed by atoms with Crippen molar-refractivity contribution in [1.29, 1.82) is 10.8 Å². The molecule has 3 heterocycles. The predicted octanol–water partition coefficient (Wildman–Crippen LogP) is 2.68. The maximum Gasteiger partial charge on any atom is 0.417 e. The molecular formula is C23H23F3N6O3. The summed E-state index contributed by atoms with van der Waals surface area (Å²) in [6.07, 6.45) is -5.22. The van der Waals surface area contributed by atoms with Gasteiger partial charge in [0.25, 0.3) is 0 Å². The van der Waals surface area contributed by atoms with E-state index in [2.05, 4.69) is 10.6 Å². The predicted molar refractivity (Wildman–Crippen MR) is 119 cm³/mol. The van der Waals surface area contributed by atoms with Gasteiger partial charge in [0.15, 0.2) is 11.6 Å². The van der Waals surface area contributed by atoms with Crippen molar-refractivity contribution in [2.75, 3.05) is 13.1 Å². The van der Waals surface area contributed by atoms with Crippen molar-refractivity contribution in [3.8, 4) is 11.1 Å². The van der Waals surface area contributed by atoms with Crippen molar-refractivity contribution in [3.63, 3.8) is 0 Å². The molecule has 184 valence electrons. The van der Waals surface area contributed by atoms with Crippen LogP contribution in [0.1, 0.15) is 22.8 Å². The van der Waals surface area contributed by atoms with E-state index in [1.165, 1.54) is 42.5 Å². The summed E-state index contributed by atoms with van der Waals surface area (Å²) in [7, 11) is 0. The molecule has 3 unspecified atom stereocenters. The molecule has 3 saturated heterocycles. The summed E-state index contributed by atoms with van der Waals surface area (Å²) in [5.74, 6) is -1.30. The number of halogens is 3. The molecule has 35 heavy (non-hydrogen) atoms. The molecule has 5 N–H and O–H groups in total. The van der Waals surface area contributed by atoms with E-state index in [0.29, 0.717) is 12.1 Å². The van der Waals surface area contributed by atoms with Gasteiger partial charge < -0.3 is 20.3 Å². The fraction of sp³-hybridized carbons (Fsp3) is 0.348. The number of carbonyl (C=O) groups excluding carboxylic acids is 1. The standard InChI is InChI=1S/C23H23F3N6O3/c1-12-17(11-31-20(27)29-10-18-22(12,31)32(34)21(28)30-18)35-19(33)14-8-6-13(7-9-14)15-4-2-3-5-16(15)23(24,25)26/h2-9,12,17-18,34H,10-11H2,1H3,(H2,27,29)(H2,28,30)/t12?,17-,18?,22?/m0/s1. The van der Waals surface area contributed by atoms with Crippen LogP contribution in [-0.4, -0.2) is 64.0 Å². The number of nitrogens with one attached hydrogen (secondary N) is 4. The van der Waals surface area contributed by atoms with Crippen molar-refractivity contribution in [2.45, 2.75) is 30.9 Å². The van der Waals surface area contributed by atoms with Crippen LogP contribution >= 0.6 is 0 Å². The summed E-state index contributed by atoms with van der Waals surface area (Å²) in [6.45, 7) is 2.21. The number of esters is 1. The van der Waals surface area contributed by atoms with Gasteiger partial charge in [-0.25, -0.2) is 4.79 Å². The highest BCUT2D eigenvalue weighted by molar-refractivity contribution is 5.91. The average molecular weight is 488 g/mol. The van der Waals surface area contributed by atoms with E-state index in [1.807, 2.05) is 0 Å². The number of hydrogen-bond acceptors (Lipinski definition) is 5. The minimum absolute atomic E-state index is 0.0107. The Morgan fingerprint density at radius 2 is 1.83 bits per heavy atom. The van der Waals surface area contributed by atoms with Gasteiger partial charge in [0, 0.05) is 12.5 Å². The van der Waals surface area contributed by atoms with E-state index in [9.17, 15) is 23.2 Å². The van der Waals surface area contributed by atoms with Gasteiger partial charge >= 0.3 is 12.1 Å². The van der Waals surface area contributed by atoms with Gasteiger partial charge in [0.1, 0.15) is 6.10 Å². The number of benzene rings is 2. The fourth-order valence-electron chi connectivity index (χ4n) is 5.35. The summed E-state index contributed by atoms with van der Waals surface area (Å²) < 4.78 is 45.8. The molecule has 0 saturated carbocycles. The first-order valence-corrected chi connectivity index (χ1v) is 11.0. The van der Waals surface area contributed by atoms with Crippen LogP contribution in [0.5, 0.6) is 0 Å². The number of ether oxygens (including phenoxy) is 1. The van der Waals surface area contributed by atoms with Crippen molar-refractivity contribution >= 4 is 17.9 Å². The Balaban J connectivity index is 1.37. The Morgan fingerprint density at radius 3 is 2.51 bits per heavy atom. The van der Waals surface area contributed by atoms with E-state index >= 15 is 0 Å². The van der Waals surface area contributed by atoms with Gasteiger partial charge in [-0.3, -0.25) is 16.0 Å². The Labute approximate surface area is 198 Å². The summed E-state index contributed by atoms with van der Waals surface area (Å²) >= 11 is 0. The molecule has 0 bridgehead atoms. The Kier molecular flexibility index (Phi) is 5.16. The Hall–Kier alpha value is -3.80. The lowest BCUT2D eigenvalue weighted by molar-refractivity contribution is -0.164. The molecule has 3 aliphatic heterocycles. The van der Waals surface area contributed by atoms with Crippen LogP contribution in [0.4, 0.5) is 13.2 Å². The molecule has 2 aromatic rings. The molecule has 0 amide bonds. The Morgan fingerprint density at radius 1 is 1.14 bits per heavy atom. The normalized spacial score (nSPS) is 27.7. The van der Waals surface area contributed by atoms with E-state index < -0.39 is 41.4 Å². The van der Waals surface area contributed by atoms with Gasteiger partial charge in [0.05, 0.1) is 23.7 Å². The van der Waals surface area contributed by atoms with E-state index in [-0.39, 0.29) is 29.6 Å². The molecule has 4 atom stereocenters. The second-order valence-corrected chi connectivity index (χ2v) is 8.83. The van der Waals surface area contributed by atoms with Crippen LogP contribution in [0.2, 0.25) is 0 Å². The number of guanidine groups is 2. The third-order valence-electron chi connectivity index (χ3n) is 7.06. The largest absolute Gasteiger partial charge is 0.456 e. The van der Waals surface area contributed by atoms with Crippen LogP contribution in [0.15, 0.2) is 48.5 Å². The van der Waals surface area contributed by atoms with Crippen LogP contribution in [0, 0.1) is 16.7 Å². The van der Waals surface area contributed by atoms with E-state index in [0.717, 1.165) is 11.1 Å². The second-order valence-electron chi connectivity index (χ2n) is 8.83. The maximum absolute atomic E-state index is 13.4. The minimum atomic E-state index is -4.51. The van der Waals surface area contributed by atoms with Crippen LogP contribution < -0.4 is 10.6 Å². The topological polar surface area (TPSA) is 125 Å². The van der Waals surface area contributed by atoms with Crippen LogP contribution in [0.3, 0.4) is 0 Å². The zero-order chi connectivity index (χ0) is 25.1. The molecule has 0 aliphatic carbocycles. The number of alkyl halides is 3. The average Bonchev–Trinajstić information content (AvgIpc) is 3.27. The molecular weight excluding hydrogens is 465 g/mol. The minimum Gasteiger partial charge on any atom is -0.456 e. The second kappa shape index (κ2) is 7.87. The zero-order valence-corrected chi connectivity index (χ0v) is 18.6. The lowest BCUT2D eigenvalue weighted by atomic mass is 9.86. The first-order chi connectivity index (χ1) is 16.5. The monoisotopic (exact) mass is 488 g/mol. The first kappa shape index (κ1) is 23.0. The molecule has 0 aromatic heterocycles. The molecule has 2 aromatic carbocycles.